The van der Waals surface area contributed by atoms with E-state index in [1.807, 2.05) is 13.0 Å². The number of Topliss-reactive ketones (excluding diaryl/α,β-unsaturated/α-hetero) is 2. The highest BCUT2D eigenvalue weighted by Crippen LogP contribution is 2.59. The predicted molar refractivity (Wildman–Crippen MR) is 78.1 cm³/mol. The van der Waals surface area contributed by atoms with Crippen LogP contribution >= 0.6 is 0 Å². The molecule has 0 aliphatic heterocycles. The van der Waals surface area contributed by atoms with Gasteiger partial charge in [0.05, 0.1) is 0 Å². The van der Waals surface area contributed by atoms with Crippen LogP contribution in [0.15, 0.2) is 18.2 Å². The largest absolute Gasteiger partial charge is 0.508 e. The second kappa shape index (κ2) is 4.43. The van der Waals surface area contributed by atoms with E-state index in [2.05, 4.69) is 0 Å². The molecule has 1 N–H and O–H groups in total. The van der Waals surface area contributed by atoms with Crippen LogP contribution in [0.5, 0.6) is 5.75 Å². The second-order valence-corrected chi connectivity index (χ2v) is 6.86. The molecule has 4 unspecified atom stereocenters. The summed E-state index contributed by atoms with van der Waals surface area (Å²) in [5.41, 5.74) is 1.76. The van der Waals surface area contributed by atoms with Crippen molar-refractivity contribution in [3.8, 4) is 5.75 Å². The average Bonchev–Trinajstić information content (AvgIpc) is 3.13. The Bertz CT molecular complexity index is 605. The van der Waals surface area contributed by atoms with Crippen LogP contribution < -0.4 is 0 Å². The molecule has 3 aliphatic carbocycles. The van der Waals surface area contributed by atoms with E-state index in [-0.39, 0.29) is 29.2 Å². The lowest BCUT2D eigenvalue weighted by molar-refractivity contribution is -0.125. The first-order chi connectivity index (χ1) is 10.1. The van der Waals surface area contributed by atoms with E-state index >= 15 is 0 Å². The molecule has 0 saturated heterocycles. The zero-order chi connectivity index (χ0) is 14.7. The number of carbonyl (C=O) groups is 2. The molecule has 3 nitrogen and oxygen atoms in total. The fourth-order valence-corrected chi connectivity index (χ4v) is 5.11. The minimum Gasteiger partial charge on any atom is -0.508 e. The maximum Gasteiger partial charge on any atom is 0.151 e. The van der Waals surface area contributed by atoms with Gasteiger partial charge in [-0.2, -0.15) is 0 Å². The van der Waals surface area contributed by atoms with Gasteiger partial charge in [0.25, 0.3) is 0 Å². The van der Waals surface area contributed by atoms with Gasteiger partial charge in [0, 0.05) is 11.8 Å². The quantitative estimate of drug-likeness (QED) is 0.850. The monoisotopic (exact) mass is 284 g/mol. The Morgan fingerprint density at radius 3 is 2.29 bits per heavy atom. The Hall–Kier alpha value is -1.64. The SMILES string of the molecule is CCc1ccc(O)cc1C1C(=O)C2C3CCC(C3)C2C1=O. The highest BCUT2D eigenvalue weighted by Gasteiger charge is 2.61. The van der Waals surface area contributed by atoms with Gasteiger partial charge in [-0.15, -0.1) is 0 Å². The molecule has 0 amide bonds. The summed E-state index contributed by atoms with van der Waals surface area (Å²) in [7, 11) is 0. The van der Waals surface area contributed by atoms with E-state index < -0.39 is 5.92 Å². The van der Waals surface area contributed by atoms with E-state index in [4.69, 9.17) is 0 Å². The molecule has 1 aromatic carbocycles. The van der Waals surface area contributed by atoms with Crippen molar-refractivity contribution in [2.75, 3.05) is 0 Å². The predicted octanol–water partition coefficient (Wildman–Crippen LogP) is 2.85. The zero-order valence-electron chi connectivity index (χ0n) is 12.2. The third kappa shape index (κ3) is 1.66. The van der Waals surface area contributed by atoms with Gasteiger partial charge in [0.1, 0.15) is 11.7 Å². The minimum absolute atomic E-state index is 0.0340. The van der Waals surface area contributed by atoms with Crippen LogP contribution in [0.25, 0.3) is 0 Å². The average molecular weight is 284 g/mol. The number of ketones is 2. The number of rotatable bonds is 2. The summed E-state index contributed by atoms with van der Waals surface area (Å²) in [6, 6.07) is 5.10. The number of hydrogen-bond acceptors (Lipinski definition) is 3. The van der Waals surface area contributed by atoms with Crippen molar-refractivity contribution in [1.82, 2.24) is 0 Å². The maximum atomic E-state index is 12.9. The summed E-state index contributed by atoms with van der Waals surface area (Å²) in [4.78, 5) is 25.7. The van der Waals surface area contributed by atoms with Crippen molar-refractivity contribution >= 4 is 11.6 Å². The molecule has 3 saturated carbocycles. The smallest absolute Gasteiger partial charge is 0.151 e. The molecule has 4 atom stereocenters. The second-order valence-electron chi connectivity index (χ2n) is 6.86. The molecule has 3 heteroatoms. The van der Waals surface area contributed by atoms with Crippen molar-refractivity contribution in [3.05, 3.63) is 29.3 Å². The van der Waals surface area contributed by atoms with Gasteiger partial charge in [-0.25, -0.2) is 0 Å². The Balaban J connectivity index is 1.78. The molecule has 2 bridgehead atoms. The van der Waals surface area contributed by atoms with E-state index in [1.54, 1.807) is 12.1 Å². The fraction of sp³-hybridized carbons (Fsp3) is 0.556. The molecular formula is C18H20O3. The van der Waals surface area contributed by atoms with Gasteiger partial charge in [-0.3, -0.25) is 9.59 Å². The van der Waals surface area contributed by atoms with E-state index in [9.17, 15) is 14.7 Å². The number of benzene rings is 1. The van der Waals surface area contributed by atoms with Gasteiger partial charge < -0.3 is 5.11 Å². The van der Waals surface area contributed by atoms with Gasteiger partial charge in [0.15, 0.2) is 11.6 Å². The molecule has 3 aliphatic rings. The van der Waals surface area contributed by atoms with Crippen LogP contribution in [-0.2, 0) is 16.0 Å². The highest BCUT2D eigenvalue weighted by atomic mass is 16.3. The molecule has 0 aromatic heterocycles. The molecule has 0 radical (unpaired) electrons. The lowest BCUT2D eigenvalue weighted by Gasteiger charge is -2.21. The third-order valence-corrected chi connectivity index (χ3v) is 5.96. The van der Waals surface area contributed by atoms with Crippen molar-refractivity contribution in [2.24, 2.45) is 23.7 Å². The van der Waals surface area contributed by atoms with Crippen LogP contribution in [-0.4, -0.2) is 16.7 Å². The fourth-order valence-electron chi connectivity index (χ4n) is 5.11. The summed E-state index contributed by atoms with van der Waals surface area (Å²) >= 11 is 0. The number of phenols is 1. The topological polar surface area (TPSA) is 54.4 Å². The van der Waals surface area contributed by atoms with Crippen LogP contribution in [0.4, 0.5) is 0 Å². The maximum absolute atomic E-state index is 12.9. The number of hydrogen-bond donors (Lipinski definition) is 1. The number of aryl methyl sites for hydroxylation is 1. The normalized spacial score (nSPS) is 37.3. The molecule has 3 fully saturated rings. The van der Waals surface area contributed by atoms with Crippen LogP contribution in [0, 0.1) is 23.7 Å². The summed E-state index contributed by atoms with van der Waals surface area (Å²) in [5, 5.41) is 9.76. The molecule has 21 heavy (non-hydrogen) atoms. The van der Waals surface area contributed by atoms with Crippen LogP contribution in [0.2, 0.25) is 0 Å². The van der Waals surface area contributed by atoms with Gasteiger partial charge in [-0.05, 0) is 60.8 Å². The molecule has 110 valence electrons. The minimum atomic E-state index is -0.620. The molecule has 0 heterocycles. The first-order valence-electron chi connectivity index (χ1n) is 8.01. The van der Waals surface area contributed by atoms with Crippen molar-refractivity contribution in [2.45, 2.75) is 38.5 Å². The van der Waals surface area contributed by atoms with Crippen molar-refractivity contribution in [1.29, 1.82) is 0 Å². The number of aromatic hydroxyl groups is 1. The van der Waals surface area contributed by atoms with Gasteiger partial charge in [0.2, 0.25) is 0 Å². The summed E-state index contributed by atoms with van der Waals surface area (Å²) in [5.74, 6) is 0.567. The zero-order valence-corrected chi connectivity index (χ0v) is 12.2. The summed E-state index contributed by atoms with van der Waals surface area (Å²) in [6.45, 7) is 2.02. The molecular weight excluding hydrogens is 264 g/mol. The van der Waals surface area contributed by atoms with E-state index in [0.29, 0.717) is 11.8 Å². The molecule has 0 spiro atoms. The summed E-state index contributed by atoms with van der Waals surface area (Å²) < 4.78 is 0. The van der Waals surface area contributed by atoms with E-state index in [0.717, 1.165) is 36.8 Å². The van der Waals surface area contributed by atoms with Crippen LogP contribution in [0.1, 0.15) is 43.2 Å². The third-order valence-electron chi connectivity index (χ3n) is 5.96. The first kappa shape index (κ1) is 13.1. The molecule has 1 aromatic rings. The van der Waals surface area contributed by atoms with E-state index in [1.165, 1.54) is 0 Å². The lowest BCUT2D eigenvalue weighted by Crippen LogP contribution is -2.24. The first-order valence-corrected chi connectivity index (χ1v) is 8.01. The van der Waals surface area contributed by atoms with Crippen molar-refractivity contribution in [3.63, 3.8) is 0 Å². The standard InChI is InChI=1S/C18H20O3/c1-2-9-5-6-12(19)8-13(9)16-17(20)14-10-3-4-11(7-10)15(14)18(16)21/h5-6,8,10-11,14-16,19H,2-4,7H2,1H3. The lowest BCUT2D eigenvalue weighted by atomic mass is 9.81. The highest BCUT2D eigenvalue weighted by molar-refractivity contribution is 6.16. The molecule has 4 rings (SSSR count). The summed E-state index contributed by atoms with van der Waals surface area (Å²) in [6.07, 6.45) is 4.06. The Morgan fingerprint density at radius 1 is 1.10 bits per heavy atom. The van der Waals surface area contributed by atoms with Gasteiger partial charge >= 0.3 is 0 Å². The van der Waals surface area contributed by atoms with Crippen molar-refractivity contribution < 1.29 is 14.7 Å². The Kier molecular flexibility index (Phi) is 2.75. The Morgan fingerprint density at radius 2 is 1.71 bits per heavy atom. The number of fused-ring (bicyclic) bond motifs is 5. The number of phenolic OH excluding ortho intramolecular Hbond substituents is 1. The number of carbonyl (C=O) groups excluding carboxylic acids is 2. The van der Waals surface area contributed by atoms with Crippen LogP contribution in [0.3, 0.4) is 0 Å². The van der Waals surface area contributed by atoms with Gasteiger partial charge in [-0.1, -0.05) is 13.0 Å². The Labute approximate surface area is 124 Å².